The third kappa shape index (κ3) is 3.57. The zero-order valence-corrected chi connectivity index (χ0v) is 20.7. The first kappa shape index (κ1) is 22.2. The Kier molecular flexibility index (Phi) is 5.36. The molecule has 36 heavy (non-hydrogen) atoms. The Bertz CT molecular complexity index is 1830. The molecule has 6 aromatic rings. The molecule has 2 aromatic heterocycles. The lowest BCUT2D eigenvalue weighted by molar-refractivity contribution is -0.661. The standard InChI is InChI=1S/C32H22FN2S/c1-20-11-14-26-27-15-12-24(18-34)30(23-10-6-9-22(17-23)21-7-4-3-5-8-21)32(27)36-31(26)29(20)28-16-13-25(33)19-35(28)2/h3-17,19H,1-2H3/q+1. The van der Waals surface area contributed by atoms with Gasteiger partial charge >= 0.3 is 0 Å². The van der Waals surface area contributed by atoms with Gasteiger partial charge in [-0.15, -0.1) is 11.3 Å². The highest BCUT2D eigenvalue weighted by molar-refractivity contribution is 7.27. The number of nitrogens with zero attached hydrogens (tertiary/aromatic N) is 2. The lowest BCUT2D eigenvalue weighted by Gasteiger charge is -2.09. The Balaban J connectivity index is 1.66. The van der Waals surface area contributed by atoms with Crippen molar-refractivity contribution in [1.29, 1.82) is 5.26 Å². The quantitative estimate of drug-likeness (QED) is 0.232. The van der Waals surface area contributed by atoms with Crippen molar-refractivity contribution in [3.8, 4) is 39.6 Å². The monoisotopic (exact) mass is 485 g/mol. The highest BCUT2D eigenvalue weighted by Crippen LogP contribution is 2.45. The van der Waals surface area contributed by atoms with Crippen molar-refractivity contribution in [1.82, 2.24) is 0 Å². The summed E-state index contributed by atoms with van der Waals surface area (Å²) in [5.41, 5.74) is 8.08. The van der Waals surface area contributed by atoms with Crippen LogP contribution in [0.4, 0.5) is 4.39 Å². The predicted molar refractivity (Wildman–Crippen MR) is 146 cm³/mol. The van der Waals surface area contributed by atoms with E-state index in [1.807, 2.05) is 41.9 Å². The summed E-state index contributed by atoms with van der Waals surface area (Å²) in [5.74, 6) is -0.262. The Morgan fingerprint density at radius 2 is 1.44 bits per heavy atom. The molecule has 0 N–H and O–H groups in total. The topological polar surface area (TPSA) is 27.7 Å². The number of pyridine rings is 1. The van der Waals surface area contributed by atoms with Gasteiger partial charge in [-0.2, -0.15) is 9.83 Å². The van der Waals surface area contributed by atoms with Crippen LogP contribution in [0.1, 0.15) is 11.1 Å². The van der Waals surface area contributed by atoms with Crippen molar-refractivity contribution >= 4 is 31.5 Å². The van der Waals surface area contributed by atoms with Crippen molar-refractivity contribution in [3.63, 3.8) is 0 Å². The molecule has 4 heteroatoms. The van der Waals surface area contributed by atoms with Crippen molar-refractivity contribution < 1.29 is 8.96 Å². The summed E-state index contributed by atoms with van der Waals surface area (Å²) in [6.07, 6.45) is 1.51. The van der Waals surface area contributed by atoms with E-state index in [9.17, 15) is 9.65 Å². The van der Waals surface area contributed by atoms with Crippen LogP contribution in [0.15, 0.2) is 97.2 Å². The second-order valence-corrected chi connectivity index (χ2v) is 10.0. The second-order valence-electron chi connectivity index (χ2n) is 9.00. The minimum atomic E-state index is -0.262. The van der Waals surface area contributed by atoms with Crippen LogP contribution in [-0.4, -0.2) is 0 Å². The minimum absolute atomic E-state index is 0.262. The Morgan fingerprint density at radius 3 is 2.19 bits per heavy atom. The summed E-state index contributed by atoms with van der Waals surface area (Å²) in [4.78, 5) is 0. The fourth-order valence-corrected chi connectivity index (χ4v) is 6.50. The van der Waals surface area contributed by atoms with E-state index in [1.54, 1.807) is 11.3 Å². The summed E-state index contributed by atoms with van der Waals surface area (Å²) in [7, 11) is 1.87. The van der Waals surface area contributed by atoms with Gasteiger partial charge in [0.05, 0.1) is 17.2 Å². The van der Waals surface area contributed by atoms with E-state index in [-0.39, 0.29) is 5.82 Å². The van der Waals surface area contributed by atoms with Crippen LogP contribution in [-0.2, 0) is 7.05 Å². The summed E-state index contributed by atoms with van der Waals surface area (Å²) < 4.78 is 17.9. The number of aromatic nitrogens is 1. The van der Waals surface area contributed by atoms with Crippen LogP contribution in [0.25, 0.3) is 53.7 Å². The number of thiophene rings is 1. The molecule has 0 aliphatic rings. The molecule has 0 aliphatic heterocycles. The van der Waals surface area contributed by atoms with E-state index in [2.05, 4.69) is 67.6 Å². The van der Waals surface area contributed by atoms with E-state index >= 15 is 0 Å². The normalized spacial score (nSPS) is 11.2. The number of benzene rings is 4. The molecule has 0 saturated carbocycles. The summed E-state index contributed by atoms with van der Waals surface area (Å²) in [6.45, 7) is 2.09. The van der Waals surface area contributed by atoms with Crippen LogP contribution in [0.5, 0.6) is 0 Å². The SMILES string of the molecule is Cc1ccc2c(sc3c(-c4cccc(-c5ccccc5)c4)c(C#N)ccc32)c1-c1ccc(F)c[n+]1C. The lowest BCUT2D eigenvalue weighted by Crippen LogP contribution is -2.31. The smallest absolute Gasteiger partial charge is 0.200 e. The molecule has 0 saturated heterocycles. The van der Waals surface area contributed by atoms with Gasteiger partial charge in [0.2, 0.25) is 11.9 Å². The van der Waals surface area contributed by atoms with Crippen molar-refractivity contribution in [2.24, 2.45) is 7.05 Å². The van der Waals surface area contributed by atoms with Crippen molar-refractivity contribution in [2.45, 2.75) is 6.92 Å². The third-order valence-corrected chi connectivity index (χ3v) is 8.01. The number of aryl methyl sites for hydroxylation is 2. The highest BCUT2D eigenvalue weighted by atomic mass is 32.1. The molecule has 2 nitrogen and oxygen atoms in total. The van der Waals surface area contributed by atoms with Gasteiger partial charge in [0.25, 0.3) is 0 Å². The molecule has 2 heterocycles. The van der Waals surface area contributed by atoms with Crippen LogP contribution in [0.3, 0.4) is 0 Å². The Hall–Kier alpha value is -4.33. The van der Waals surface area contributed by atoms with E-state index in [4.69, 9.17) is 0 Å². The zero-order chi connectivity index (χ0) is 24.8. The maximum Gasteiger partial charge on any atom is 0.214 e. The van der Waals surface area contributed by atoms with Gasteiger partial charge < -0.3 is 0 Å². The van der Waals surface area contributed by atoms with Crippen molar-refractivity contribution in [3.05, 3.63) is 114 Å². The number of nitriles is 1. The van der Waals surface area contributed by atoms with Crippen molar-refractivity contribution in [2.75, 3.05) is 0 Å². The first-order valence-electron chi connectivity index (χ1n) is 11.8. The summed E-state index contributed by atoms with van der Waals surface area (Å²) >= 11 is 1.70. The van der Waals surface area contributed by atoms with E-state index in [1.165, 1.54) is 12.3 Å². The fourth-order valence-electron chi connectivity index (χ4n) is 5.02. The molecule has 0 unspecified atom stereocenters. The van der Waals surface area contributed by atoms with Gasteiger partial charge in [-0.1, -0.05) is 66.7 Å². The Morgan fingerprint density at radius 1 is 0.750 bits per heavy atom. The van der Waals surface area contributed by atoms with E-state index in [0.29, 0.717) is 5.56 Å². The van der Waals surface area contributed by atoms with Gasteiger partial charge in [-0.05, 0) is 47.4 Å². The van der Waals surface area contributed by atoms with Gasteiger partial charge in [0.15, 0.2) is 5.82 Å². The lowest BCUT2D eigenvalue weighted by atomic mass is 9.94. The van der Waals surface area contributed by atoms with Crippen LogP contribution in [0.2, 0.25) is 0 Å². The number of fused-ring (bicyclic) bond motifs is 3. The van der Waals surface area contributed by atoms with Crippen LogP contribution in [0, 0.1) is 24.1 Å². The summed E-state index contributed by atoms with van der Waals surface area (Å²) in [6, 6.07) is 32.7. The summed E-state index contributed by atoms with van der Waals surface area (Å²) in [5, 5.41) is 12.3. The molecular formula is C32H22FN2S+. The zero-order valence-electron chi connectivity index (χ0n) is 19.9. The number of hydrogen-bond acceptors (Lipinski definition) is 2. The molecule has 0 aliphatic carbocycles. The fraction of sp³-hybridized carbons (Fsp3) is 0.0625. The molecule has 0 bridgehead atoms. The number of halogens is 1. The molecule has 0 amide bonds. The minimum Gasteiger partial charge on any atom is -0.200 e. The maximum absolute atomic E-state index is 13.9. The largest absolute Gasteiger partial charge is 0.214 e. The maximum atomic E-state index is 13.9. The first-order valence-corrected chi connectivity index (χ1v) is 12.6. The van der Waals surface area contributed by atoms with E-state index < -0.39 is 0 Å². The predicted octanol–water partition coefficient (Wildman–Crippen LogP) is 8.20. The number of hydrogen-bond donors (Lipinski definition) is 0. The van der Waals surface area contributed by atoms with Crippen LogP contribution < -0.4 is 4.57 Å². The van der Waals surface area contributed by atoms with Gasteiger partial charge in [0, 0.05) is 31.8 Å². The third-order valence-electron chi connectivity index (χ3n) is 6.75. The second kappa shape index (κ2) is 8.71. The average Bonchev–Trinajstić information content (AvgIpc) is 3.28. The molecule has 0 fully saturated rings. The molecule has 4 aromatic carbocycles. The molecule has 0 atom stereocenters. The molecule has 0 spiro atoms. The molecule has 6 rings (SSSR count). The molecule has 172 valence electrons. The number of rotatable bonds is 3. The van der Waals surface area contributed by atoms with Gasteiger partial charge in [-0.3, -0.25) is 0 Å². The molecular weight excluding hydrogens is 463 g/mol. The van der Waals surface area contributed by atoms with Gasteiger partial charge in [-0.25, -0.2) is 4.39 Å². The molecule has 0 radical (unpaired) electrons. The van der Waals surface area contributed by atoms with Gasteiger partial charge in [0.1, 0.15) is 7.05 Å². The van der Waals surface area contributed by atoms with Crippen LogP contribution >= 0.6 is 11.3 Å². The first-order chi connectivity index (χ1) is 17.5. The van der Waals surface area contributed by atoms with E-state index in [0.717, 1.165) is 59.2 Å². The average molecular weight is 486 g/mol. The highest BCUT2D eigenvalue weighted by Gasteiger charge is 2.22. The Labute approximate surface area is 213 Å².